The first-order chi connectivity index (χ1) is 7.75. The van der Waals surface area contributed by atoms with E-state index in [9.17, 15) is 4.57 Å². The van der Waals surface area contributed by atoms with Crippen molar-refractivity contribution in [3.8, 4) is 0 Å². The van der Waals surface area contributed by atoms with Gasteiger partial charge < -0.3 is 0 Å². The van der Waals surface area contributed by atoms with Gasteiger partial charge in [0.05, 0.1) is 0 Å². The summed E-state index contributed by atoms with van der Waals surface area (Å²) in [5.74, 6) is 0. The molecular weight excluding hydrogens is 241 g/mol. The Balaban J connectivity index is 2.14. The van der Waals surface area contributed by atoms with E-state index in [1.807, 2.05) is 54.9 Å². The molecule has 1 aromatic heterocycles. The molecule has 0 aliphatic heterocycles. The van der Waals surface area contributed by atoms with Crippen molar-refractivity contribution in [2.24, 2.45) is 0 Å². The van der Waals surface area contributed by atoms with E-state index < -0.39 is 7.15 Å². The average Bonchev–Trinajstić information content (AvgIpc) is 2.31. The van der Waals surface area contributed by atoms with Crippen molar-refractivity contribution in [3.63, 3.8) is 0 Å². The molecule has 1 atom stereocenters. The number of pyridine rings is 1. The molecule has 0 radical (unpaired) electrons. The second-order valence-electron chi connectivity index (χ2n) is 3.46. The van der Waals surface area contributed by atoms with Crippen molar-refractivity contribution in [2.75, 3.05) is 0 Å². The normalized spacial score (nSPS) is 11.2. The van der Waals surface area contributed by atoms with E-state index in [-0.39, 0.29) is 0 Å². The standard InChI is InChI=1S/C12H11ClNOP/c13-16(15)12-6-4-11(5-7-12)10-14-8-2-1-3-9-14/h1-9H,10H2/q+2. The van der Waals surface area contributed by atoms with Gasteiger partial charge in [0.25, 0.3) is 0 Å². The molecule has 80 valence electrons. The van der Waals surface area contributed by atoms with Crippen LogP contribution in [0, 0.1) is 0 Å². The first-order valence-corrected chi connectivity index (χ1v) is 7.08. The van der Waals surface area contributed by atoms with Crippen LogP contribution in [-0.4, -0.2) is 0 Å². The zero-order valence-electron chi connectivity index (χ0n) is 8.58. The Morgan fingerprint density at radius 1 is 1.06 bits per heavy atom. The molecule has 0 fully saturated rings. The van der Waals surface area contributed by atoms with Gasteiger partial charge in [-0.1, -0.05) is 6.07 Å². The molecule has 2 nitrogen and oxygen atoms in total. The molecule has 0 saturated heterocycles. The monoisotopic (exact) mass is 251 g/mol. The minimum Gasteiger partial charge on any atom is -0.201 e. The summed E-state index contributed by atoms with van der Waals surface area (Å²) in [6.07, 6.45) is 4.02. The van der Waals surface area contributed by atoms with Crippen molar-refractivity contribution in [1.29, 1.82) is 0 Å². The SMILES string of the molecule is O=[P+](Cl)c1ccc(C[n+]2ccccc2)cc1. The van der Waals surface area contributed by atoms with Gasteiger partial charge in [-0.3, -0.25) is 0 Å². The number of nitrogens with zero attached hydrogens (tertiary/aromatic N) is 1. The van der Waals surface area contributed by atoms with Gasteiger partial charge in [0.1, 0.15) is 0 Å². The Morgan fingerprint density at radius 3 is 2.25 bits per heavy atom. The lowest BCUT2D eigenvalue weighted by Gasteiger charge is -1.96. The second-order valence-corrected chi connectivity index (χ2v) is 5.39. The quantitative estimate of drug-likeness (QED) is 0.607. The zero-order valence-corrected chi connectivity index (χ0v) is 10.2. The van der Waals surface area contributed by atoms with Gasteiger partial charge >= 0.3 is 7.15 Å². The lowest BCUT2D eigenvalue weighted by atomic mass is 10.2. The maximum atomic E-state index is 11.0. The summed E-state index contributed by atoms with van der Waals surface area (Å²) < 4.78 is 13.1. The molecule has 0 bridgehead atoms. The topological polar surface area (TPSA) is 20.9 Å². The van der Waals surface area contributed by atoms with E-state index in [0.717, 1.165) is 12.1 Å². The van der Waals surface area contributed by atoms with Gasteiger partial charge in [0.2, 0.25) is 16.5 Å². The number of hydrogen-bond donors (Lipinski definition) is 0. The van der Waals surface area contributed by atoms with Gasteiger partial charge in [0, 0.05) is 17.7 Å². The maximum absolute atomic E-state index is 11.0. The third kappa shape index (κ3) is 2.88. The Bertz CT molecular complexity index is 484. The van der Waals surface area contributed by atoms with Crippen LogP contribution in [0.4, 0.5) is 0 Å². The fourth-order valence-corrected chi connectivity index (χ4v) is 2.19. The predicted molar refractivity (Wildman–Crippen MR) is 65.3 cm³/mol. The van der Waals surface area contributed by atoms with Crippen LogP contribution >= 0.6 is 18.4 Å². The van der Waals surface area contributed by atoms with Crippen LogP contribution in [0.2, 0.25) is 0 Å². The Kier molecular flexibility index (Phi) is 3.66. The molecule has 0 spiro atoms. The van der Waals surface area contributed by atoms with Crippen molar-refractivity contribution in [3.05, 3.63) is 60.4 Å². The smallest absolute Gasteiger partial charge is 0.201 e. The largest absolute Gasteiger partial charge is 0.494 e. The van der Waals surface area contributed by atoms with E-state index in [1.54, 1.807) is 0 Å². The summed E-state index contributed by atoms with van der Waals surface area (Å²) in [6.45, 7) is 0.806. The van der Waals surface area contributed by atoms with Gasteiger partial charge in [0.15, 0.2) is 18.9 Å². The second kappa shape index (κ2) is 5.20. The van der Waals surface area contributed by atoms with Crippen molar-refractivity contribution < 1.29 is 9.13 Å². The van der Waals surface area contributed by atoms with Crippen LogP contribution in [0.3, 0.4) is 0 Å². The fourth-order valence-electron chi connectivity index (χ4n) is 1.47. The summed E-state index contributed by atoms with van der Waals surface area (Å²) in [7, 11) is -1.75. The fraction of sp³-hybridized carbons (Fsp3) is 0.0833. The summed E-state index contributed by atoms with van der Waals surface area (Å²) in [5, 5.41) is 0.679. The van der Waals surface area contributed by atoms with Gasteiger partial charge in [-0.05, 0) is 28.8 Å². The van der Waals surface area contributed by atoms with Crippen LogP contribution in [0.15, 0.2) is 54.9 Å². The number of benzene rings is 1. The highest BCUT2D eigenvalue weighted by atomic mass is 35.7. The predicted octanol–water partition coefficient (Wildman–Crippen LogP) is 2.63. The van der Waals surface area contributed by atoms with Crippen molar-refractivity contribution >= 4 is 23.7 Å². The molecule has 1 aromatic carbocycles. The van der Waals surface area contributed by atoms with E-state index in [2.05, 4.69) is 4.57 Å². The van der Waals surface area contributed by atoms with E-state index in [4.69, 9.17) is 11.2 Å². The van der Waals surface area contributed by atoms with Crippen molar-refractivity contribution in [2.45, 2.75) is 6.54 Å². The minimum absolute atomic E-state index is 0.679. The lowest BCUT2D eigenvalue weighted by molar-refractivity contribution is -0.688. The van der Waals surface area contributed by atoms with Gasteiger partial charge in [-0.15, -0.1) is 0 Å². The van der Waals surface area contributed by atoms with Crippen LogP contribution in [0.1, 0.15) is 5.56 Å². The maximum Gasteiger partial charge on any atom is 0.494 e. The third-order valence-corrected chi connectivity index (χ3v) is 3.57. The van der Waals surface area contributed by atoms with E-state index in [1.165, 1.54) is 0 Å². The third-order valence-electron chi connectivity index (χ3n) is 2.28. The van der Waals surface area contributed by atoms with Gasteiger partial charge in [-0.2, -0.15) is 0 Å². The molecule has 2 aromatic rings. The van der Waals surface area contributed by atoms with Crippen molar-refractivity contribution in [1.82, 2.24) is 0 Å². The van der Waals surface area contributed by atoms with Gasteiger partial charge in [-0.25, -0.2) is 4.57 Å². The summed E-state index contributed by atoms with van der Waals surface area (Å²) in [4.78, 5) is 0. The first-order valence-electron chi connectivity index (χ1n) is 4.92. The average molecular weight is 252 g/mol. The molecule has 0 saturated carbocycles. The molecule has 4 heteroatoms. The summed E-state index contributed by atoms with van der Waals surface area (Å²) in [6, 6.07) is 13.5. The molecule has 1 heterocycles. The van der Waals surface area contributed by atoms with E-state index in [0.29, 0.717) is 5.30 Å². The molecule has 0 amide bonds. The molecule has 2 rings (SSSR count). The zero-order chi connectivity index (χ0) is 11.4. The Morgan fingerprint density at radius 2 is 1.69 bits per heavy atom. The highest BCUT2D eigenvalue weighted by Gasteiger charge is 2.15. The molecular formula is C12H11ClNOP+2. The summed E-state index contributed by atoms with van der Waals surface area (Å²) >= 11 is 5.52. The molecule has 0 aliphatic carbocycles. The van der Waals surface area contributed by atoms with Crippen LogP contribution in [0.5, 0.6) is 0 Å². The molecule has 16 heavy (non-hydrogen) atoms. The molecule has 1 unspecified atom stereocenters. The van der Waals surface area contributed by atoms with E-state index >= 15 is 0 Å². The Labute approximate surface area is 100 Å². The number of aromatic nitrogens is 1. The molecule has 0 aliphatic rings. The highest BCUT2D eigenvalue weighted by Crippen LogP contribution is 2.24. The molecule has 0 N–H and O–H groups in total. The Hall–Kier alpha value is -1.24. The number of halogens is 1. The van der Waals surface area contributed by atoms with Crippen LogP contribution in [-0.2, 0) is 11.1 Å². The lowest BCUT2D eigenvalue weighted by Crippen LogP contribution is -2.32. The number of rotatable bonds is 3. The van der Waals surface area contributed by atoms with Crippen LogP contribution < -0.4 is 9.87 Å². The highest BCUT2D eigenvalue weighted by molar-refractivity contribution is 7.80. The number of hydrogen-bond acceptors (Lipinski definition) is 1. The minimum atomic E-state index is -1.75. The van der Waals surface area contributed by atoms with Crippen LogP contribution in [0.25, 0.3) is 0 Å². The summed E-state index contributed by atoms with van der Waals surface area (Å²) in [5.41, 5.74) is 1.16. The first kappa shape index (κ1) is 11.3.